The smallest absolute Gasteiger partial charge is 0.0708 e. The van der Waals surface area contributed by atoms with Crippen LogP contribution in [0.3, 0.4) is 0 Å². The number of benzene rings is 2. The molecule has 2 nitrogen and oxygen atoms in total. The summed E-state index contributed by atoms with van der Waals surface area (Å²) in [6.45, 7) is 0. The van der Waals surface area contributed by atoms with Gasteiger partial charge in [0.25, 0.3) is 0 Å². The Hall–Kier alpha value is -2.35. The molecular weight excluding hydrogens is 208 g/mol. The zero-order valence-electron chi connectivity index (χ0n) is 9.09. The van der Waals surface area contributed by atoms with E-state index in [2.05, 4.69) is 40.3 Å². The van der Waals surface area contributed by atoms with Gasteiger partial charge in [-0.2, -0.15) is 6.20 Å². The van der Waals surface area contributed by atoms with Crippen LogP contribution in [0, 0.1) is 0 Å². The van der Waals surface area contributed by atoms with E-state index in [0.717, 1.165) is 11.0 Å². The predicted molar refractivity (Wildman–Crippen MR) is 70.1 cm³/mol. The zero-order valence-corrected chi connectivity index (χ0v) is 9.09. The van der Waals surface area contributed by atoms with Crippen LogP contribution in [0.2, 0.25) is 0 Å². The van der Waals surface area contributed by atoms with Crippen LogP contribution < -0.4 is 4.98 Å². The molecule has 80 valence electrons. The second kappa shape index (κ2) is 3.08. The Morgan fingerprint density at radius 2 is 1.71 bits per heavy atom. The van der Waals surface area contributed by atoms with Crippen molar-refractivity contribution in [1.82, 2.24) is 9.97 Å². The molecule has 2 aromatic carbocycles. The lowest BCUT2D eigenvalue weighted by Crippen LogP contribution is -1.81. The summed E-state index contributed by atoms with van der Waals surface area (Å²) < 4.78 is 0. The molecule has 4 rings (SSSR count). The Labute approximate surface area is 97.9 Å². The molecule has 2 heterocycles. The van der Waals surface area contributed by atoms with E-state index in [-0.39, 0.29) is 0 Å². The van der Waals surface area contributed by atoms with Crippen molar-refractivity contribution in [2.45, 2.75) is 0 Å². The highest BCUT2D eigenvalue weighted by Gasteiger charge is 1.99. The molecule has 2 heteroatoms. The van der Waals surface area contributed by atoms with Gasteiger partial charge in [-0.25, -0.2) is 0 Å². The Balaban J connectivity index is 2.23. The minimum Gasteiger partial charge on any atom is -0.664 e. The summed E-state index contributed by atoms with van der Waals surface area (Å²) in [7, 11) is 0. The maximum absolute atomic E-state index is 4.38. The van der Waals surface area contributed by atoms with Gasteiger partial charge in [-0.05, 0) is 40.4 Å². The van der Waals surface area contributed by atoms with Crippen molar-refractivity contribution in [3.63, 3.8) is 0 Å². The fourth-order valence-corrected chi connectivity index (χ4v) is 2.32. The lowest BCUT2D eigenvalue weighted by molar-refractivity contribution is 1.38. The molecule has 0 saturated heterocycles. The largest absolute Gasteiger partial charge is 0.664 e. The van der Waals surface area contributed by atoms with E-state index in [4.69, 9.17) is 0 Å². The van der Waals surface area contributed by atoms with Crippen molar-refractivity contribution in [3.05, 3.63) is 54.9 Å². The number of pyridine rings is 1. The van der Waals surface area contributed by atoms with Crippen LogP contribution in [0.25, 0.3) is 32.6 Å². The van der Waals surface area contributed by atoms with E-state index < -0.39 is 0 Å². The fraction of sp³-hybridized carbons (Fsp3) is 0. The zero-order chi connectivity index (χ0) is 11.2. The van der Waals surface area contributed by atoms with Crippen LogP contribution in [0.1, 0.15) is 0 Å². The molecule has 0 radical (unpaired) electrons. The van der Waals surface area contributed by atoms with Gasteiger partial charge in [0.1, 0.15) is 0 Å². The van der Waals surface area contributed by atoms with Gasteiger partial charge in [0.15, 0.2) is 0 Å². The summed E-state index contributed by atoms with van der Waals surface area (Å²) in [6, 6.07) is 14.7. The molecule has 0 unspecified atom stereocenters. The highest BCUT2D eigenvalue weighted by Crippen LogP contribution is 2.25. The molecule has 0 spiro atoms. The normalized spacial score (nSPS) is 11.5. The summed E-state index contributed by atoms with van der Waals surface area (Å²) in [5.41, 5.74) is 2.08. The van der Waals surface area contributed by atoms with E-state index in [0.29, 0.717) is 0 Å². The lowest BCUT2D eigenvalue weighted by Gasteiger charge is -2.09. The van der Waals surface area contributed by atoms with E-state index in [1.807, 2.05) is 24.5 Å². The molecule has 4 aromatic rings. The fourth-order valence-electron chi connectivity index (χ4n) is 2.32. The highest BCUT2D eigenvalue weighted by molar-refractivity contribution is 6.02. The average Bonchev–Trinajstić information content (AvgIpc) is 2.80. The van der Waals surface area contributed by atoms with Gasteiger partial charge in [0.05, 0.1) is 5.52 Å². The topological polar surface area (TPSA) is 27.0 Å². The quantitative estimate of drug-likeness (QED) is 0.421. The Kier molecular flexibility index (Phi) is 1.59. The summed E-state index contributed by atoms with van der Waals surface area (Å²) in [4.78, 5) is 8.71. The van der Waals surface area contributed by atoms with Gasteiger partial charge >= 0.3 is 0 Å². The van der Waals surface area contributed by atoms with Crippen molar-refractivity contribution in [1.29, 1.82) is 0 Å². The lowest BCUT2D eigenvalue weighted by atomic mass is 10.1. The van der Waals surface area contributed by atoms with Crippen LogP contribution in [0.5, 0.6) is 0 Å². The predicted octanol–water partition coefficient (Wildman–Crippen LogP) is 3.50. The summed E-state index contributed by atoms with van der Waals surface area (Å²) in [5, 5.41) is 4.81. The first-order chi connectivity index (χ1) is 8.40. The van der Waals surface area contributed by atoms with Crippen molar-refractivity contribution >= 4 is 32.6 Å². The van der Waals surface area contributed by atoms with Crippen LogP contribution in [0.15, 0.2) is 54.9 Å². The van der Waals surface area contributed by atoms with E-state index >= 15 is 0 Å². The second-order valence-corrected chi connectivity index (χ2v) is 4.25. The average molecular weight is 217 g/mol. The molecule has 0 bridgehead atoms. The Morgan fingerprint density at radius 3 is 2.71 bits per heavy atom. The first-order valence-electron chi connectivity index (χ1n) is 5.60. The molecule has 0 atom stereocenters. The van der Waals surface area contributed by atoms with Gasteiger partial charge in [0, 0.05) is 11.6 Å². The van der Waals surface area contributed by atoms with Gasteiger partial charge in [-0.3, -0.25) is 4.98 Å². The van der Waals surface area contributed by atoms with E-state index in [1.54, 1.807) is 0 Å². The number of hydrogen-bond acceptors (Lipinski definition) is 1. The molecule has 2 aromatic heterocycles. The molecule has 0 aliphatic heterocycles. The molecule has 0 aliphatic rings. The van der Waals surface area contributed by atoms with Gasteiger partial charge in [-0.1, -0.05) is 18.2 Å². The number of fused-ring (bicyclic) bond motifs is 3. The van der Waals surface area contributed by atoms with Crippen molar-refractivity contribution < 1.29 is 0 Å². The van der Waals surface area contributed by atoms with Crippen molar-refractivity contribution in [2.24, 2.45) is 0 Å². The molecule has 0 amide bonds. The second-order valence-electron chi connectivity index (χ2n) is 4.25. The molecule has 0 fully saturated rings. The third-order valence-corrected chi connectivity index (χ3v) is 3.17. The third-order valence-electron chi connectivity index (χ3n) is 3.17. The SMILES string of the molecule is c1c[n-]c2cc3cc4nccc4cc3cc2c1. The minimum absolute atomic E-state index is 1.03. The monoisotopic (exact) mass is 217 g/mol. The van der Waals surface area contributed by atoms with Crippen molar-refractivity contribution in [3.8, 4) is 0 Å². The number of aromatic nitrogens is 2. The summed E-state index contributed by atoms with van der Waals surface area (Å²) in [5.74, 6) is 0. The van der Waals surface area contributed by atoms with E-state index in [9.17, 15) is 0 Å². The van der Waals surface area contributed by atoms with Gasteiger partial charge in [0.2, 0.25) is 0 Å². The van der Waals surface area contributed by atoms with Crippen LogP contribution >= 0.6 is 0 Å². The molecular formula is C15H9N2-. The van der Waals surface area contributed by atoms with Gasteiger partial charge in [-0.15, -0.1) is 5.52 Å². The standard InChI is InChI=1S/C15H9N2/c1-2-10-6-12-7-11-3-5-17-15(11)9-13(12)8-14(10)16-4-1/h1-9H/q-1. The minimum atomic E-state index is 1.03. The number of hydrogen-bond donors (Lipinski definition) is 0. The van der Waals surface area contributed by atoms with Crippen molar-refractivity contribution in [2.75, 3.05) is 0 Å². The van der Waals surface area contributed by atoms with Crippen LogP contribution in [-0.2, 0) is 0 Å². The summed E-state index contributed by atoms with van der Waals surface area (Å²) in [6.07, 6.45) is 3.68. The Morgan fingerprint density at radius 1 is 0.824 bits per heavy atom. The van der Waals surface area contributed by atoms with Crippen LogP contribution in [0.4, 0.5) is 0 Å². The molecule has 0 N–H and O–H groups in total. The maximum Gasteiger partial charge on any atom is 0.0708 e. The van der Waals surface area contributed by atoms with Gasteiger partial charge < -0.3 is 4.98 Å². The summed E-state index contributed by atoms with van der Waals surface area (Å²) >= 11 is 0. The molecule has 0 saturated carbocycles. The highest BCUT2D eigenvalue weighted by atomic mass is 14.7. The molecule has 0 aliphatic carbocycles. The Bertz CT molecular complexity index is 774. The third kappa shape index (κ3) is 1.24. The number of nitrogens with zero attached hydrogens (tertiary/aromatic N) is 2. The first kappa shape index (κ1) is 8.76. The first-order valence-corrected chi connectivity index (χ1v) is 5.60. The maximum atomic E-state index is 4.38. The number of rotatable bonds is 0. The van der Waals surface area contributed by atoms with E-state index in [1.165, 1.54) is 21.5 Å². The van der Waals surface area contributed by atoms with Crippen LogP contribution in [-0.4, -0.2) is 4.98 Å². The molecule has 17 heavy (non-hydrogen) atoms.